The van der Waals surface area contributed by atoms with Crippen LogP contribution in [0.1, 0.15) is 78.5 Å². The van der Waals surface area contributed by atoms with Crippen LogP contribution in [0.25, 0.3) is 11.4 Å². The minimum Gasteiger partial charge on any atom is -0.491 e. The van der Waals surface area contributed by atoms with Gasteiger partial charge in [0.05, 0.1) is 23.7 Å². The maximum atomic E-state index is 14.6. The highest BCUT2D eigenvalue weighted by Gasteiger charge is 2.23. The van der Waals surface area contributed by atoms with E-state index in [-0.39, 0.29) is 41.5 Å². The maximum absolute atomic E-state index is 14.6. The lowest BCUT2D eigenvalue weighted by atomic mass is 9.92. The predicted molar refractivity (Wildman–Crippen MR) is 241 cm³/mol. The Morgan fingerprint density at radius 2 is 1.78 bits per heavy atom. The number of hydrogen-bond donors (Lipinski definition) is 3. The lowest BCUT2D eigenvalue weighted by molar-refractivity contribution is -0.165. The van der Waals surface area contributed by atoms with Crippen molar-refractivity contribution < 1.29 is 32.9 Å². The first-order valence-electron chi connectivity index (χ1n) is 21.1. The number of amides is 3. The molecule has 1 aliphatic rings. The van der Waals surface area contributed by atoms with Crippen LogP contribution >= 0.6 is 11.6 Å². The first-order valence-corrected chi connectivity index (χ1v) is 21.4. The third kappa shape index (κ3) is 12.5. The number of anilines is 1. The number of carbonyl (C=O) groups excluding carboxylic acids is 2. The largest absolute Gasteiger partial charge is 0.491 e. The van der Waals surface area contributed by atoms with Crippen LogP contribution in [0.4, 0.5) is 15.0 Å². The van der Waals surface area contributed by atoms with Gasteiger partial charge in [-0.1, -0.05) is 50.6 Å². The SMILES string of the molecule is Cc1ccc(C(=O)NCCN(C)C)cc1-n1c(C)cc(OCc2ccc(F)cc2CNC(=O)Nc2cc(C(C)(C)C)nn2-c2cccc(OCCOC3CCCCO3)c2)c(Cl)c1=O. The second-order valence-electron chi connectivity index (χ2n) is 16.8. The van der Waals surface area contributed by atoms with E-state index in [1.165, 1.54) is 16.7 Å². The Morgan fingerprint density at radius 3 is 2.52 bits per heavy atom. The smallest absolute Gasteiger partial charge is 0.320 e. The average molecular weight is 886 g/mol. The van der Waals surface area contributed by atoms with Gasteiger partial charge in [0.25, 0.3) is 11.5 Å². The van der Waals surface area contributed by atoms with Crippen LogP contribution in [0.15, 0.2) is 77.6 Å². The van der Waals surface area contributed by atoms with Gasteiger partial charge in [0.15, 0.2) is 6.29 Å². The highest BCUT2D eigenvalue weighted by molar-refractivity contribution is 6.31. The van der Waals surface area contributed by atoms with Gasteiger partial charge in [-0.05, 0) is 100 Å². The number of benzene rings is 3. The molecule has 0 saturated carbocycles. The Kier molecular flexibility index (Phi) is 15.7. The van der Waals surface area contributed by atoms with E-state index in [1.807, 2.05) is 77.0 Å². The first-order chi connectivity index (χ1) is 30.1. The van der Waals surface area contributed by atoms with E-state index in [4.69, 9.17) is 35.6 Å². The molecular formula is C47H57ClFN7O7. The second kappa shape index (κ2) is 21.1. The van der Waals surface area contributed by atoms with Gasteiger partial charge in [0.1, 0.15) is 41.4 Å². The van der Waals surface area contributed by atoms with Crippen LogP contribution in [-0.4, -0.2) is 84.5 Å². The fraction of sp³-hybridized carbons (Fsp3) is 0.404. The van der Waals surface area contributed by atoms with Gasteiger partial charge in [-0.25, -0.2) is 13.9 Å². The molecule has 63 heavy (non-hydrogen) atoms. The van der Waals surface area contributed by atoms with Gasteiger partial charge in [-0.2, -0.15) is 5.10 Å². The fourth-order valence-corrected chi connectivity index (χ4v) is 7.08. The lowest BCUT2D eigenvalue weighted by Crippen LogP contribution is -2.31. The molecule has 336 valence electrons. The Bertz CT molecular complexity index is 2460. The van der Waals surface area contributed by atoms with Crippen LogP contribution in [-0.2, 0) is 28.0 Å². The van der Waals surface area contributed by atoms with E-state index in [0.29, 0.717) is 78.2 Å². The third-order valence-corrected chi connectivity index (χ3v) is 10.8. The minimum absolute atomic E-state index is 0.0491. The molecule has 0 bridgehead atoms. The quantitative estimate of drug-likeness (QED) is 0.0794. The van der Waals surface area contributed by atoms with Crippen LogP contribution in [0.2, 0.25) is 5.02 Å². The van der Waals surface area contributed by atoms with Crippen molar-refractivity contribution in [2.24, 2.45) is 0 Å². The van der Waals surface area contributed by atoms with E-state index in [1.54, 1.807) is 41.9 Å². The summed E-state index contributed by atoms with van der Waals surface area (Å²) in [5, 5.41) is 13.3. The number of likely N-dealkylation sites (N-methyl/N-ethyl adjacent to an activating group) is 1. The molecule has 2 aromatic heterocycles. The number of rotatable bonds is 17. The van der Waals surface area contributed by atoms with Gasteiger partial charge in [-0.15, -0.1) is 0 Å². The van der Waals surface area contributed by atoms with Crippen molar-refractivity contribution in [3.05, 3.63) is 128 Å². The number of ether oxygens (including phenoxy) is 4. The van der Waals surface area contributed by atoms with Gasteiger partial charge in [0.2, 0.25) is 0 Å². The molecule has 0 radical (unpaired) electrons. The molecule has 1 fully saturated rings. The summed E-state index contributed by atoms with van der Waals surface area (Å²) in [6.07, 6.45) is 2.81. The predicted octanol–water partition coefficient (Wildman–Crippen LogP) is 7.84. The Morgan fingerprint density at radius 1 is 0.968 bits per heavy atom. The number of nitrogens with zero attached hydrogens (tertiary/aromatic N) is 4. The number of halogens is 2. The summed E-state index contributed by atoms with van der Waals surface area (Å²) in [6, 6.07) is 19.6. The number of aromatic nitrogens is 3. The maximum Gasteiger partial charge on any atom is 0.320 e. The summed E-state index contributed by atoms with van der Waals surface area (Å²) >= 11 is 6.64. The van der Waals surface area contributed by atoms with Gasteiger partial charge in [0, 0.05) is 61.1 Å². The van der Waals surface area contributed by atoms with E-state index >= 15 is 0 Å². The fourth-order valence-electron chi connectivity index (χ4n) is 6.88. The van der Waals surface area contributed by atoms with Crippen molar-refractivity contribution in [1.29, 1.82) is 0 Å². The van der Waals surface area contributed by atoms with Gasteiger partial charge < -0.3 is 34.5 Å². The average Bonchev–Trinajstić information content (AvgIpc) is 3.68. The molecular weight excluding hydrogens is 829 g/mol. The summed E-state index contributed by atoms with van der Waals surface area (Å²) in [5.41, 5.74) is 3.78. The molecule has 14 nitrogen and oxygen atoms in total. The van der Waals surface area contributed by atoms with E-state index < -0.39 is 17.4 Å². The number of urea groups is 1. The van der Waals surface area contributed by atoms with Crippen molar-refractivity contribution in [3.63, 3.8) is 0 Å². The van der Waals surface area contributed by atoms with E-state index in [9.17, 15) is 18.8 Å². The molecule has 3 aromatic carbocycles. The number of carbonyl (C=O) groups is 2. The van der Waals surface area contributed by atoms with Crippen molar-refractivity contribution in [1.82, 2.24) is 29.9 Å². The van der Waals surface area contributed by atoms with Gasteiger partial charge >= 0.3 is 6.03 Å². The highest BCUT2D eigenvalue weighted by Crippen LogP contribution is 2.29. The topological polar surface area (TPSA) is 150 Å². The number of hydrogen-bond acceptors (Lipinski definition) is 9. The number of pyridine rings is 1. The van der Waals surface area contributed by atoms with Gasteiger partial charge in [-0.3, -0.25) is 19.5 Å². The number of aryl methyl sites for hydroxylation is 2. The molecule has 3 N–H and O–H groups in total. The van der Waals surface area contributed by atoms with Crippen molar-refractivity contribution in [2.45, 2.75) is 78.7 Å². The van der Waals surface area contributed by atoms with Crippen LogP contribution in [0, 0.1) is 19.7 Å². The first kappa shape index (κ1) is 46.8. The zero-order valence-electron chi connectivity index (χ0n) is 37.0. The highest BCUT2D eigenvalue weighted by atomic mass is 35.5. The zero-order chi connectivity index (χ0) is 45.3. The van der Waals surface area contributed by atoms with Crippen molar-refractivity contribution in [3.8, 4) is 22.9 Å². The molecule has 0 aliphatic carbocycles. The van der Waals surface area contributed by atoms with E-state index in [0.717, 1.165) is 30.5 Å². The molecule has 16 heteroatoms. The zero-order valence-corrected chi connectivity index (χ0v) is 37.7. The second-order valence-corrected chi connectivity index (χ2v) is 17.1. The molecule has 1 atom stereocenters. The summed E-state index contributed by atoms with van der Waals surface area (Å²) in [6.45, 7) is 12.1. The molecule has 1 unspecified atom stereocenters. The molecule has 3 amide bonds. The van der Waals surface area contributed by atoms with Crippen LogP contribution in [0.3, 0.4) is 0 Å². The molecule has 1 aliphatic heterocycles. The Balaban J connectivity index is 1.12. The molecule has 6 rings (SSSR count). The lowest BCUT2D eigenvalue weighted by Gasteiger charge is -2.22. The standard InChI is InChI=1S/C47H57ClFN7O7/c1-30-14-15-32(44(57)50-18-19-54(6)7)25-38(30)55-31(2)23-39(43(48)45(55)58)63-29-33-16-17-35(49)24-34(33)28-51-46(59)52-41-27-40(47(3,4)5)53-56(41)36-11-10-12-37(26-36)60-21-22-62-42-13-8-9-20-61-42/h10-12,14-17,23-27,42H,8-9,13,18-22,28-29H2,1-7H3,(H,50,57)(H2,51,52,59). The summed E-state index contributed by atoms with van der Waals surface area (Å²) in [7, 11) is 3.85. The van der Waals surface area contributed by atoms with E-state index in [2.05, 4.69) is 16.0 Å². The summed E-state index contributed by atoms with van der Waals surface area (Å²) < 4.78 is 41.2. The van der Waals surface area contributed by atoms with Crippen molar-refractivity contribution in [2.75, 3.05) is 52.3 Å². The number of nitrogens with one attached hydrogen (secondary N) is 3. The minimum atomic E-state index is -0.546. The van der Waals surface area contributed by atoms with Crippen LogP contribution < -0.4 is 31.0 Å². The molecule has 1 saturated heterocycles. The Hall–Kier alpha value is -5.74. The monoisotopic (exact) mass is 885 g/mol. The molecule has 3 heterocycles. The normalized spacial score (nSPS) is 14.1. The summed E-state index contributed by atoms with van der Waals surface area (Å²) in [4.78, 5) is 42.1. The third-order valence-electron chi connectivity index (χ3n) is 10.4. The molecule has 5 aromatic rings. The van der Waals surface area contributed by atoms with Crippen molar-refractivity contribution >= 4 is 29.4 Å². The van der Waals surface area contributed by atoms with Crippen LogP contribution in [0.5, 0.6) is 11.5 Å². The summed E-state index contributed by atoms with van der Waals surface area (Å²) in [5.74, 6) is 0.403. The molecule has 0 spiro atoms. The Labute approximate surface area is 372 Å².